The van der Waals surface area contributed by atoms with Crippen LogP contribution in [0.25, 0.3) is 0 Å². The Morgan fingerprint density at radius 3 is 2.89 bits per heavy atom. The van der Waals surface area contributed by atoms with E-state index in [1.807, 2.05) is 0 Å². The molecule has 18 heavy (non-hydrogen) atoms. The van der Waals surface area contributed by atoms with Crippen molar-refractivity contribution in [1.29, 1.82) is 0 Å². The lowest BCUT2D eigenvalue weighted by atomic mass is 10.0. The molecule has 2 rings (SSSR count). The standard InChI is InChI=1S/C14H15BrINS/c1-2-6-17-14(10-5-7-18-9-10)12-8-11(15)3-4-13(12)16/h3-5,7-9,14,17H,2,6H2,1H3. The fourth-order valence-electron chi connectivity index (χ4n) is 1.87. The zero-order chi connectivity index (χ0) is 13.0. The quantitative estimate of drug-likeness (QED) is 0.636. The Bertz CT molecular complexity index is 499. The van der Waals surface area contributed by atoms with E-state index in [4.69, 9.17) is 0 Å². The molecular weight excluding hydrogens is 421 g/mol. The van der Waals surface area contributed by atoms with Crippen molar-refractivity contribution in [3.05, 3.63) is 54.2 Å². The van der Waals surface area contributed by atoms with Gasteiger partial charge in [-0.25, -0.2) is 0 Å². The van der Waals surface area contributed by atoms with Gasteiger partial charge in [0.15, 0.2) is 0 Å². The van der Waals surface area contributed by atoms with Gasteiger partial charge in [-0.05, 0) is 81.7 Å². The van der Waals surface area contributed by atoms with Gasteiger partial charge in [0.25, 0.3) is 0 Å². The van der Waals surface area contributed by atoms with Crippen LogP contribution in [0.2, 0.25) is 0 Å². The maximum Gasteiger partial charge on any atom is 0.0595 e. The zero-order valence-corrected chi connectivity index (χ0v) is 14.7. The SMILES string of the molecule is CCCNC(c1ccsc1)c1cc(Br)ccc1I. The Kier molecular flexibility index (Phi) is 5.66. The van der Waals surface area contributed by atoms with Gasteiger partial charge < -0.3 is 5.32 Å². The van der Waals surface area contributed by atoms with Gasteiger partial charge in [-0.2, -0.15) is 11.3 Å². The van der Waals surface area contributed by atoms with Crippen LogP contribution in [-0.4, -0.2) is 6.54 Å². The second-order valence-corrected chi connectivity index (χ2v) is 6.97. The third-order valence-electron chi connectivity index (χ3n) is 2.74. The van der Waals surface area contributed by atoms with E-state index in [0.29, 0.717) is 6.04 Å². The van der Waals surface area contributed by atoms with Crippen molar-refractivity contribution >= 4 is 49.9 Å². The highest BCUT2D eigenvalue weighted by Gasteiger charge is 2.16. The number of halogens is 2. The second kappa shape index (κ2) is 7.03. The van der Waals surface area contributed by atoms with Crippen molar-refractivity contribution in [1.82, 2.24) is 5.32 Å². The summed E-state index contributed by atoms with van der Waals surface area (Å²) in [5.74, 6) is 0. The lowest BCUT2D eigenvalue weighted by Gasteiger charge is -2.20. The van der Waals surface area contributed by atoms with Crippen molar-refractivity contribution in [2.45, 2.75) is 19.4 Å². The van der Waals surface area contributed by atoms with E-state index >= 15 is 0 Å². The molecule has 0 saturated carbocycles. The fraction of sp³-hybridized carbons (Fsp3) is 0.286. The number of nitrogens with one attached hydrogen (secondary N) is 1. The van der Waals surface area contributed by atoms with E-state index in [0.717, 1.165) is 17.4 Å². The average molecular weight is 436 g/mol. The predicted octanol–water partition coefficient (Wildman–Crippen LogP) is 5.20. The molecule has 0 fully saturated rings. The molecule has 1 aromatic heterocycles. The van der Waals surface area contributed by atoms with Gasteiger partial charge in [0, 0.05) is 8.04 Å². The van der Waals surface area contributed by atoms with Gasteiger partial charge in [0.1, 0.15) is 0 Å². The van der Waals surface area contributed by atoms with E-state index in [1.165, 1.54) is 14.7 Å². The minimum Gasteiger partial charge on any atom is -0.306 e. The van der Waals surface area contributed by atoms with Crippen LogP contribution in [0.4, 0.5) is 0 Å². The normalized spacial score (nSPS) is 12.6. The molecule has 0 aliphatic carbocycles. The van der Waals surface area contributed by atoms with Crippen LogP contribution in [0, 0.1) is 3.57 Å². The Hall–Kier alpha value is 0.0900. The minimum atomic E-state index is 0.292. The Morgan fingerprint density at radius 1 is 1.39 bits per heavy atom. The molecule has 0 radical (unpaired) electrons. The third-order valence-corrected chi connectivity index (χ3v) is 4.92. The molecule has 0 amide bonds. The molecular formula is C14H15BrINS. The van der Waals surface area contributed by atoms with Crippen molar-refractivity contribution in [2.75, 3.05) is 6.54 Å². The summed E-state index contributed by atoms with van der Waals surface area (Å²) in [6.07, 6.45) is 1.14. The summed E-state index contributed by atoms with van der Waals surface area (Å²) >= 11 is 7.73. The van der Waals surface area contributed by atoms with Gasteiger partial charge in [-0.15, -0.1) is 0 Å². The molecule has 1 heterocycles. The maximum atomic E-state index is 3.64. The van der Waals surface area contributed by atoms with Crippen molar-refractivity contribution in [3.8, 4) is 0 Å². The molecule has 2 aromatic rings. The molecule has 4 heteroatoms. The number of benzene rings is 1. The highest BCUT2D eigenvalue weighted by atomic mass is 127. The van der Waals surface area contributed by atoms with Crippen LogP contribution in [0.1, 0.15) is 30.5 Å². The predicted molar refractivity (Wildman–Crippen MR) is 91.3 cm³/mol. The lowest BCUT2D eigenvalue weighted by molar-refractivity contribution is 0.598. The van der Waals surface area contributed by atoms with Gasteiger partial charge in [0.05, 0.1) is 6.04 Å². The largest absolute Gasteiger partial charge is 0.306 e. The van der Waals surface area contributed by atoms with Crippen LogP contribution in [0.3, 0.4) is 0 Å². The van der Waals surface area contributed by atoms with E-state index in [-0.39, 0.29) is 0 Å². The molecule has 1 nitrogen and oxygen atoms in total. The van der Waals surface area contributed by atoms with Crippen molar-refractivity contribution in [2.24, 2.45) is 0 Å². The smallest absolute Gasteiger partial charge is 0.0595 e. The molecule has 1 aromatic carbocycles. The number of rotatable bonds is 5. The minimum absolute atomic E-state index is 0.292. The number of hydrogen-bond donors (Lipinski definition) is 1. The molecule has 0 aliphatic heterocycles. The van der Waals surface area contributed by atoms with Gasteiger partial charge in [-0.1, -0.05) is 22.9 Å². The van der Waals surface area contributed by atoms with E-state index < -0.39 is 0 Å². The first kappa shape index (κ1) is 14.5. The Morgan fingerprint density at radius 2 is 2.22 bits per heavy atom. The molecule has 0 spiro atoms. The molecule has 96 valence electrons. The molecule has 1 atom stereocenters. The summed E-state index contributed by atoms with van der Waals surface area (Å²) in [7, 11) is 0. The van der Waals surface area contributed by atoms with Gasteiger partial charge in [-0.3, -0.25) is 0 Å². The van der Waals surface area contributed by atoms with E-state index in [1.54, 1.807) is 11.3 Å². The molecule has 1 N–H and O–H groups in total. The second-order valence-electron chi connectivity index (χ2n) is 4.11. The average Bonchev–Trinajstić information content (AvgIpc) is 2.88. The van der Waals surface area contributed by atoms with Crippen LogP contribution in [-0.2, 0) is 0 Å². The van der Waals surface area contributed by atoms with E-state index in [9.17, 15) is 0 Å². The van der Waals surface area contributed by atoms with Crippen LogP contribution >= 0.6 is 49.9 Å². The number of hydrogen-bond acceptors (Lipinski definition) is 2. The summed E-state index contributed by atoms with van der Waals surface area (Å²) < 4.78 is 2.44. The van der Waals surface area contributed by atoms with E-state index in [2.05, 4.69) is 85.8 Å². The molecule has 0 bridgehead atoms. The summed E-state index contributed by atoms with van der Waals surface area (Å²) in [4.78, 5) is 0. The highest BCUT2D eigenvalue weighted by Crippen LogP contribution is 2.30. The Balaban J connectivity index is 2.36. The first-order chi connectivity index (χ1) is 8.72. The maximum absolute atomic E-state index is 3.64. The fourth-order valence-corrected chi connectivity index (χ4v) is 3.58. The summed E-state index contributed by atoms with van der Waals surface area (Å²) in [6.45, 7) is 3.23. The first-order valence-corrected chi connectivity index (χ1v) is 8.74. The first-order valence-electron chi connectivity index (χ1n) is 5.92. The van der Waals surface area contributed by atoms with Crippen LogP contribution < -0.4 is 5.32 Å². The van der Waals surface area contributed by atoms with Crippen molar-refractivity contribution < 1.29 is 0 Å². The van der Waals surface area contributed by atoms with Gasteiger partial charge in [0.2, 0.25) is 0 Å². The number of thiophene rings is 1. The van der Waals surface area contributed by atoms with Gasteiger partial charge >= 0.3 is 0 Å². The molecule has 0 saturated heterocycles. The van der Waals surface area contributed by atoms with Crippen LogP contribution in [0.5, 0.6) is 0 Å². The molecule has 1 unspecified atom stereocenters. The monoisotopic (exact) mass is 435 g/mol. The third kappa shape index (κ3) is 3.56. The zero-order valence-electron chi connectivity index (χ0n) is 10.1. The van der Waals surface area contributed by atoms with Crippen LogP contribution in [0.15, 0.2) is 39.5 Å². The van der Waals surface area contributed by atoms with Crippen molar-refractivity contribution in [3.63, 3.8) is 0 Å². The topological polar surface area (TPSA) is 12.0 Å². The lowest BCUT2D eigenvalue weighted by Crippen LogP contribution is -2.23. The Labute approximate surface area is 134 Å². The summed E-state index contributed by atoms with van der Waals surface area (Å²) in [5.41, 5.74) is 2.70. The summed E-state index contributed by atoms with van der Waals surface area (Å²) in [5, 5.41) is 8.00. The summed E-state index contributed by atoms with van der Waals surface area (Å²) in [6, 6.07) is 8.96. The highest BCUT2D eigenvalue weighted by molar-refractivity contribution is 14.1. The molecule has 0 aliphatic rings.